The van der Waals surface area contributed by atoms with Crippen molar-refractivity contribution >= 4 is 11.9 Å². The number of benzene rings is 1. The smallest absolute Gasteiger partial charge is 0.337 e. The Labute approximate surface area is 112 Å². The van der Waals surface area contributed by atoms with Crippen LogP contribution in [0.25, 0.3) is 0 Å². The van der Waals surface area contributed by atoms with Crippen molar-refractivity contribution in [2.45, 2.75) is 32.8 Å². The highest BCUT2D eigenvalue weighted by molar-refractivity contribution is 5.81. The summed E-state index contributed by atoms with van der Waals surface area (Å²) in [6.07, 6.45) is 0.170. The molecule has 5 nitrogen and oxygen atoms in total. The van der Waals surface area contributed by atoms with E-state index in [-0.39, 0.29) is 18.9 Å². The minimum absolute atomic E-state index is 0.170. The van der Waals surface area contributed by atoms with Crippen molar-refractivity contribution < 1.29 is 19.8 Å². The molecule has 0 saturated heterocycles. The average Bonchev–Trinajstić information content (AvgIpc) is 2.31. The monoisotopic (exact) mass is 265 g/mol. The van der Waals surface area contributed by atoms with Crippen LogP contribution in [0.3, 0.4) is 0 Å². The molecule has 1 atom stereocenters. The number of carbonyl (C=O) groups is 2. The number of amides is 1. The van der Waals surface area contributed by atoms with Gasteiger partial charge in [-0.2, -0.15) is 0 Å². The van der Waals surface area contributed by atoms with Crippen molar-refractivity contribution in [1.29, 1.82) is 0 Å². The van der Waals surface area contributed by atoms with Crippen LogP contribution in [0.15, 0.2) is 18.2 Å². The van der Waals surface area contributed by atoms with E-state index in [9.17, 15) is 14.7 Å². The number of hydrogen-bond acceptors (Lipinski definition) is 3. The molecule has 1 rings (SSSR count). The number of hydrogen-bond donors (Lipinski definition) is 3. The lowest BCUT2D eigenvalue weighted by Gasteiger charge is -2.18. The van der Waals surface area contributed by atoms with E-state index in [1.54, 1.807) is 0 Å². The summed E-state index contributed by atoms with van der Waals surface area (Å²) in [5.41, 5.74) is 1.02. The molecular weight excluding hydrogens is 246 g/mol. The molecule has 1 aromatic carbocycles. The number of aliphatic carboxylic acids is 1. The highest BCUT2D eigenvalue weighted by atomic mass is 16.4. The van der Waals surface area contributed by atoms with Crippen molar-refractivity contribution in [3.63, 3.8) is 0 Å². The number of nitrogens with one attached hydrogen (secondary N) is 1. The molecule has 0 aliphatic rings. The van der Waals surface area contributed by atoms with E-state index in [4.69, 9.17) is 5.11 Å². The van der Waals surface area contributed by atoms with Crippen LogP contribution in [0.4, 0.5) is 0 Å². The average molecular weight is 265 g/mol. The third-order valence-corrected chi connectivity index (χ3v) is 2.95. The molecule has 0 aromatic heterocycles. The third kappa shape index (κ3) is 4.37. The Morgan fingerprint density at radius 1 is 1.32 bits per heavy atom. The van der Waals surface area contributed by atoms with Crippen molar-refractivity contribution in [3.8, 4) is 0 Å². The topological polar surface area (TPSA) is 86.6 Å². The van der Waals surface area contributed by atoms with Gasteiger partial charge in [-0.15, -0.1) is 0 Å². The van der Waals surface area contributed by atoms with Crippen molar-refractivity contribution in [2.24, 2.45) is 0 Å². The number of carboxylic acid groups (broad SMARTS) is 1. The van der Waals surface area contributed by atoms with Gasteiger partial charge in [-0.25, -0.2) is 4.79 Å². The van der Waals surface area contributed by atoms with E-state index in [2.05, 4.69) is 5.32 Å². The molecule has 0 heterocycles. The van der Waals surface area contributed by atoms with Gasteiger partial charge in [0.15, 0.2) is 5.60 Å². The molecule has 0 saturated carbocycles. The Kier molecular flexibility index (Phi) is 4.67. The van der Waals surface area contributed by atoms with E-state index in [0.717, 1.165) is 23.6 Å². The van der Waals surface area contributed by atoms with Gasteiger partial charge in [-0.3, -0.25) is 4.79 Å². The summed E-state index contributed by atoms with van der Waals surface area (Å²) >= 11 is 0. The van der Waals surface area contributed by atoms with Crippen LogP contribution < -0.4 is 5.32 Å². The summed E-state index contributed by atoms with van der Waals surface area (Å²) in [4.78, 5) is 22.4. The molecule has 0 aliphatic carbocycles. The number of carboxylic acids is 1. The highest BCUT2D eigenvalue weighted by Crippen LogP contribution is 2.11. The summed E-state index contributed by atoms with van der Waals surface area (Å²) in [6, 6.07) is 5.82. The zero-order valence-corrected chi connectivity index (χ0v) is 11.4. The Balaban J connectivity index is 2.61. The predicted molar refractivity (Wildman–Crippen MR) is 70.9 cm³/mol. The number of carbonyl (C=O) groups excluding carboxylic acids is 1. The van der Waals surface area contributed by atoms with Gasteiger partial charge < -0.3 is 15.5 Å². The zero-order chi connectivity index (χ0) is 14.6. The quantitative estimate of drug-likeness (QED) is 0.735. The number of rotatable bonds is 5. The van der Waals surface area contributed by atoms with Crippen LogP contribution >= 0.6 is 0 Å². The second-order valence-electron chi connectivity index (χ2n) is 4.96. The molecule has 0 fully saturated rings. The molecule has 0 spiro atoms. The molecule has 104 valence electrons. The molecular formula is C14H19NO4. The van der Waals surface area contributed by atoms with Crippen LogP contribution in [0.1, 0.15) is 23.6 Å². The summed E-state index contributed by atoms with van der Waals surface area (Å²) in [5, 5.41) is 20.6. The van der Waals surface area contributed by atoms with E-state index >= 15 is 0 Å². The summed E-state index contributed by atoms with van der Waals surface area (Å²) < 4.78 is 0. The van der Waals surface area contributed by atoms with Gasteiger partial charge >= 0.3 is 5.97 Å². The van der Waals surface area contributed by atoms with E-state index in [1.165, 1.54) is 0 Å². The maximum Gasteiger partial charge on any atom is 0.337 e. The molecule has 0 bridgehead atoms. The largest absolute Gasteiger partial charge is 0.479 e. The first kappa shape index (κ1) is 15.2. The Morgan fingerprint density at radius 3 is 2.53 bits per heavy atom. The maximum atomic E-state index is 11.7. The molecule has 1 amide bonds. The molecule has 19 heavy (non-hydrogen) atoms. The lowest BCUT2D eigenvalue weighted by atomic mass is 10.0. The fraction of sp³-hybridized carbons (Fsp3) is 0.429. The van der Waals surface area contributed by atoms with E-state index in [1.807, 2.05) is 32.0 Å². The van der Waals surface area contributed by atoms with Crippen LogP contribution in [-0.2, 0) is 16.0 Å². The van der Waals surface area contributed by atoms with Gasteiger partial charge in [0.1, 0.15) is 0 Å². The van der Waals surface area contributed by atoms with Crippen LogP contribution in [0.2, 0.25) is 0 Å². The van der Waals surface area contributed by atoms with Gasteiger partial charge in [0.2, 0.25) is 5.91 Å². The van der Waals surface area contributed by atoms with Crippen molar-refractivity contribution in [2.75, 3.05) is 6.54 Å². The van der Waals surface area contributed by atoms with Gasteiger partial charge in [-0.1, -0.05) is 23.8 Å². The van der Waals surface area contributed by atoms with Gasteiger partial charge in [0.05, 0.1) is 13.0 Å². The molecule has 1 aromatic rings. The Bertz CT molecular complexity index is 494. The second kappa shape index (κ2) is 5.84. The first-order valence-corrected chi connectivity index (χ1v) is 6.01. The van der Waals surface area contributed by atoms with Crippen LogP contribution in [-0.4, -0.2) is 34.2 Å². The third-order valence-electron chi connectivity index (χ3n) is 2.95. The lowest BCUT2D eigenvalue weighted by Crippen LogP contribution is -2.46. The van der Waals surface area contributed by atoms with Crippen molar-refractivity contribution in [1.82, 2.24) is 5.32 Å². The first-order chi connectivity index (χ1) is 8.72. The number of aryl methyl sites for hydroxylation is 2. The molecule has 0 radical (unpaired) electrons. The molecule has 0 aliphatic heterocycles. The molecule has 3 N–H and O–H groups in total. The van der Waals surface area contributed by atoms with Gasteiger partial charge in [0.25, 0.3) is 0 Å². The minimum Gasteiger partial charge on any atom is -0.479 e. The predicted octanol–water partition coefficient (Wildman–Crippen LogP) is 0.798. The first-order valence-electron chi connectivity index (χ1n) is 6.01. The van der Waals surface area contributed by atoms with Gasteiger partial charge in [0, 0.05) is 0 Å². The number of aliphatic hydroxyl groups is 1. The van der Waals surface area contributed by atoms with Crippen molar-refractivity contribution in [3.05, 3.63) is 34.9 Å². The summed E-state index contributed by atoms with van der Waals surface area (Å²) in [5.74, 6) is -1.67. The van der Waals surface area contributed by atoms with Crippen LogP contribution in [0.5, 0.6) is 0 Å². The van der Waals surface area contributed by atoms with E-state index in [0.29, 0.717) is 0 Å². The van der Waals surface area contributed by atoms with Gasteiger partial charge in [-0.05, 0) is 31.9 Å². The lowest BCUT2D eigenvalue weighted by molar-refractivity contribution is -0.156. The minimum atomic E-state index is -1.95. The normalized spacial score (nSPS) is 13.7. The highest BCUT2D eigenvalue weighted by Gasteiger charge is 2.30. The van der Waals surface area contributed by atoms with Crippen LogP contribution in [0, 0.1) is 13.8 Å². The fourth-order valence-corrected chi connectivity index (χ4v) is 1.57. The molecule has 1 unspecified atom stereocenters. The fourth-order valence-electron chi connectivity index (χ4n) is 1.57. The molecule has 5 heteroatoms. The second-order valence-corrected chi connectivity index (χ2v) is 4.96. The Morgan fingerprint density at radius 2 is 1.95 bits per heavy atom. The van der Waals surface area contributed by atoms with E-state index < -0.39 is 11.6 Å². The Hall–Kier alpha value is -1.88. The zero-order valence-electron chi connectivity index (χ0n) is 11.4. The summed E-state index contributed by atoms with van der Waals surface area (Å²) in [6.45, 7) is 4.69. The standard InChI is InChI=1S/C14H19NO4/c1-9-4-5-10(2)11(6-9)7-12(16)15-8-14(3,19)13(17)18/h4-6,19H,7-8H2,1-3H3,(H,15,16)(H,17,18). The maximum absolute atomic E-state index is 11.7. The summed E-state index contributed by atoms with van der Waals surface area (Å²) in [7, 11) is 0. The SMILES string of the molecule is Cc1ccc(C)c(CC(=O)NCC(C)(O)C(=O)O)c1.